The molecule has 2 spiro atoms. The average Bonchev–Trinajstić information content (AvgIpc) is 3.06. The van der Waals surface area contributed by atoms with Gasteiger partial charge in [-0.05, 0) is 37.5 Å². The summed E-state index contributed by atoms with van der Waals surface area (Å²) in [6.07, 6.45) is 5.75. The topological polar surface area (TPSA) is 29.5 Å². The van der Waals surface area contributed by atoms with E-state index in [0.29, 0.717) is 5.41 Å². The molecule has 0 aromatic rings. The second kappa shape index (κ2) is 3.61. The summed E-state index contributed by atoms with van der Waals surface area (Å²) in [7, 11) is 0. The fourth-order valence-corrected chi connectivity index (χ4v) is 4.03. The van der Waals surface area contributed by atoms with Crippen molar-refractivity contribution in [2.24, 2.45) is 5.41 Å². The summed E-state index contributed by atoms with van der Waals surface area (Å²) in [5, 5.41) is 0. The van der Waals surface area contributed by atoms with Crippen LogP contribution in [0.2, 0.25) is 0 Å². The lowest BCUT2D eigenvalue weighted by molar-refractivity contribution is -0.132. The summed E-state index contributed by atoms with van der Waals surface area (Å²) in [6, 6.07) is 0. The third-order valence-electron chi connectivity index (χ3n) is 4.91. The molecule has 3 nitrogen and oxygen atoms in total. The number of ether oxygens (including phenoxy) is 1. The molecule has 0 aromatic heterocycles. The number of carbonyl (C=O) groups is 1. The van der Waals surface area contributed by atoms with E-state index in [-0.39, 0.29) is 17.3 Å². The molecule has 1 amide bonds. The predicted molar refractivity (Wildman–Crippen MR) is 61.5 cm³/mol. The van der Waals surface area contributed by atoms with E-state index < -0.39 is 0 Å². The first-order chi connectivity index (χ1) is 7.74. The van der Waals surface area contributed by atoms with Crippen molar-refractivity contribution in [3.05, 3.63) is 0 Å². The Morgan fingerprint density at radius 3 is 2.44 bits per heavy atom. The third kappa shape index (κ3) is 1.28. The smallest absolute Gasteiger partial charge is 0.237 e. The van der Waals surface area contributed by atoms with Gasteiger partial charge in [0.2, 0.25) is 5.91 Å². The minimum absolute atomic E-state index is 0.127. The van der Waals surface area contributed by atoms with Gasteiger partial charge in [-0.3, -0.25) is 4.79 Å². The van der Waals surface area contributed by atoms with Crippen molar-refractivity contribution in [2.45, 2.75) is 37.6 Å². The van der Waals surface area contributed by atoms with E-state index in [9.17, 15) is 4.79 Å². The van der Waals surface area contributed by atoms with Crippen LogP contribution in [0.15, 0.2) is 0 Å². The van der Waals surface area contributed by atoms with E-state index in [1.807, 2.05) is 0 Å². The molecule has 1 saturated carbocycles. The molecule has 0 bridgehead atoms. The number of hydrogen-bond acceptors (Lipinski definition) is 2. The summed E-state index contributed by atoms with van der Waals surface area (Å²) in [6.45, 7) is 2.64. The molecule has 0 unspecified atom stereocenters. The van der Waals surface area contributed by atoms with Crippen LogP contribution in [-0.4, -0.2) is 42.0 Å². The van der Waals surface area contributed by atoms with Crippen LogP contribution in [0.5, 0.6) is 0 Å². The number of carbonyl (C=O) groups excluding carboxylic acids is 1. The number of rotatable bonds is 1. The van der Waals surface area contributed by atoms with Gasteiger partial charge in [0, 0.05) is 25.3 Å². The zero-order valence-electron chi connectivity index (χ0n) is 9.51. The Labute approximate surface area is 101 Å². The van der Waals surface area contributed by atoms with Gasteiger partial charge in [0.15, 0.2) is 0 Å². The summed E-state index contributed by atoms with van der Waals surface area (Å²) in [5.74, 6) is 0.261. The van der Waals surface area contributed by atoms with Crippen LogP contribution in [0.3, 0.4) is 0 Å². The van der Waals surface area contributed by atoms with E-state index in [4.69, 9.17) is 16.3 Å². The Bertz CT molecular complexity index is 308. The third-order valence-corrected chi connectivity index (χ3v) is 5.14. The molecule has 0 atom stereocenters. The first-order valence-electron chi connectivity index (χ1n) is 6.18. The molecule has 3 rings (SSSR count). The van der Waals surface area contributed by atoms with Crippen LogP contribution in [-0.2, 0) is 9.53 Å². The normalized spacial score (nSPS) is 29.9. The molecule has 4 heteroatoms. The number of likely N-dealkylation sites (tertiary alicyclic amines) is 1. The first kappa shape index (κ1) is 10.8. The van der Waals surface area contributed by atoms with E-state index in [1.165, 1.54) is 12.8 Å². The highest BCUT2D eigenvalue weighted by atomic mass is 35.5. The van der Waals surface area contributed by atoms with Gasteiger partial charge in [0.25, 0.3) is 0 Å². The van der Waals surface area contributed by atoms with E-state index in [2.05, 4.69) is 4.90 Å². The van der Waals surface area contributed by atoms with Crippen molar-refractivity contribution in [3.63, 3.8) is 0 Å². The molecule has 2 saturated heterocycles. The van der Waals surface area contributed by atoms with Crippen molar-refractivity contribution >= 4 is 17.5 Å². The maximum atomic E-state index is 11.9. The van der Waals surface area contributed by atoms with Crippen molar-refractivity contribution < 1.29 is 9.53 Å². The summed E-state index contributed by atoms with van der Waals surface area (Å²) in [4.78, 5) is 13.9. The molecule has 1 aliphatic carbocycles. The predicted octanol–water partition coefficient (Wildman–Crippen LogP) is 1.79. The highest BCUT2D eigenvalue weighted by Gasteiger charge is 2.66. The minimum Gasteiger partial charge on any atom is -0.381 e. The molecular weight excluding hydrogens is 226 g/mol. The van der Waals surface area contributed by atoms with Crippen LogP contribution in [0.4, 0.5) is 0 Å². The molecule has 90 valence electrons. The van der Waals surface area contributed by atoms with E-state index in [0.717, 1.165) is 39.0 Å². The monoisotopic (exact) mass is 243 g/mol. The van der Waals surface area contributed by atoms with Crippen LogP contribution >= 0.6 is 11.6 Å². The van der Waals surface area contributed by atoms with Crippen molar-refractivity contribution in [3.8, 4) is 0 Å². The molecule has 2 aliphatic heterocycles. The summed E-state index contributed by atoms with van der Waals surface area (Å²) >= 11 is 5.70. The first-order valence-corrected chi connectivity index (χ1v) is 6.72. The number of alkyl halides is 1. The fourth-order valence-electron chi connectivity index (χ4n) is 3.89. The largest absolute Gasteiger partial charge is 0.381 e. The van der Waals surface area contributed by atoms with Gasteiger partial charge < -0.3 is 9.64 Å². The second-order valence-corrected chi connectivity index (χ2v) is 5.62. The lowest BCUT2D eigenvalue weighted by atomic mass is 9.72. The highest BCUT2D eigenvalue weighted by Crippen LogP contribution is 2.64. The zero-order valence-corrected chi connectivity index (χ0v) is 10.3. The van der Waals surface area contributed by atoms with Gasteiger partial charge in [0.05, 0.1) is 0 Å². The van der Waals surface area contributed by atoms with E-state index in [1.54, 1.807) is 0 Å². The van der Waals surface area contributed by atoms with Gasteiger partial charge in [0.1, 0.15) is 5.88 Å². The van der Waals surface area contributed by atoms with Crippen molar-refractivity contribution in [2.75, 3.05) is 25.6 Å². The molecule has 0 aromatic carbocycles. The molecule has 3 aliphatic rings. The average molecular weight is 244 g/mol. The van der Waals surface area contributed by atoms with Crippen molar-refractivity contribution in [1.82, 2.24) is 4.90 Å². The van der Waals surface area contributed by atoms with Crippen LogP contribution in [0, 0.1) is 5.41 Å². The Hall–Kier alpha value is -0.280. The SMILES string of the molecule is O=C(CCl)N1CCC2(CCOCC2)C12CC2. The molecular formula is C12H18ClNO2. The Balaban J connectivity index is 1.86. The van der Waals surface area contributed by atoms with Gasteiger partial charge in [-0.15, -0.1) is 11.6 Å². The van der Waals surface area contributed by atoms with Crippen LogP contribution in [0.25, 0.3) is 0 Å². The maximum Gasteiger partial charge on any atom is 0.237 e. The molecule has 0 N–H and O–H groups in total. The fraction of sp³-hybridized carbons (Fsp3) is 0.917. The van der Waals surface area contributed by atoms with E-state index >= 15 is 0 Å². The maximum absolute atomic E-state index is 11.9. The quantitative estimate of drug-likeness (QED) is 0.657. The second-order valence-electron chi connectivity index (χ2n) is 5.35. The molecule has 2 heterocycles. The van der Waals surface area contributed by atoms with Gasteiger partial charge in [-0.25, -0.2) is 0 Å². The lowest BCUT2D eigenvalue weighted by Crippen LogP contribution is -2.47. The lowest BCUT2D eigenvalue weighted by Gasteiger charge is -2.41. The molecule has 16 heavy (non-hydrogen) atoms. The van der Waals surface area contributed by atoms with Gasteiger partial charge in [-0.1, -0.05) is 0 Å². The number of nitrogens with zero attached hydrogens (tertiary/aromatic N) is 1. The summed E-state index contributed by atoms with van der Waals surface area (Å²) < 4.78 is 5.47. The van der Waals surface area contributed by atoms with Crippen LogP contribution < -0.4 is 0 Å². The van der Waals surface area contributed by atoms with Crippen LogP contribution in [0.1, 0.15) is 32.1 Å². The summed E-state index contributed by atoms with van der Waals surface area (Å²) in [5.41, 5.74) is 0.524. The van der Waals surface area contributed by atoms with Gasteiger partial charge >= 0.3 is 0 Å². The van der Waals surface area contributed by atoms with Crippen molar-refractivity contribution in [1.29, 1.82) is 0 Å². The number of halogens is 1. The molecule has 3 fully saturated rings. The minimum atomic E-state index is 0.127. The molecule has 0 radical (unpaired) electrons. The highest BCUT2D eigenvalue weighted by molar-refractivity contribution is 6.27. The number of hydrogen-bond donors (Lipinski definition) is 0. The number of amides is 1. The Kier molecular flexibility index (Phi) is 2.44. The Morgan fingerprint density at radius 2 is 1.88 bits per heavy atom. The standard InChI is InChI=1S/C12H18ClNO2/c13-9-10(15)14-6-3-11(12(14)1-2-12)4-7-16-8-5-11/h1-9H2. The Morgan fingerprint density at radius 1 is 1.19 bits per heavy atom. The number of fused-ring (bicyclic) bond motifs is 1. The zero-order chi connectivity index (χ0) is 11.2. The van der Waals surface area contributed by atoms with Gasteiger partial charge in [-0.2, -0.15) is 0 Å².